The average molecular weight is 286 g/mol. The summed E-state index contributed by atoms with van der Waals surface area (Å²) >= 11 is 5.76. The first-order chi connectivity index (χ1) is 9.00. The lowest BCUT2D eigenvalue weighted by Gasteiger charge is -2.09. The molecule has 0 spiro atoms. The number of hydrogen-bond acceptors (Lipinski definition) is 4. The summed E-state index contributed by atoms with van der Waals surface area (Å²) in [5.41, 5.74) is 0.845. The van der Waals surface area contributed by atoms with E-state index in [0.717, 1.165) is 31.5 Å². The van der Waals surface area contributed by atoms with E-state index < -0.39 is 4.92 Å². The van der Waals surface area contributed by atoms with Crippen molar-refractivity contribution in [2.45, 2.75) is 19.4 Å². The highest BCUT2D eigenvalue weighted by Crippen LogP contribution is 2.24. The molecule has 0 amide bonds. The molecule has 1 aromatic carbocycles. The summed E-state index contributed by atoms with van der Waals surface area (Å²) in [6, 6.07) is 4.90. The van der Waals surface area contributed by atoms with Crippen LogP contribution in [-0.2, 0) is 6.54 Å². The molecular formula is C13H20ClN3O2. The average Bonchev–Trinajstić information content (AvgIpc) is 2.34. The molecule has 0 fully saturated rings. The van der Waals surface area contributed by atoms with Crippen LogP contribution in [0.5, 0.6) is 0 Å². The Balaban J connectivity index is 2.34. The molecule has 0 radical (unpaired) electrons. The van der Waals surface area contributed by atoms with Gasteiger partial charge in [0.15, 0.2) is 0 Å². The number of benzene rings is 1. The first kappa shape index (κ1) is 15.9. The van der Waals surface area contributed by atoms with Crippen molar-refractivity contribution < 1.29 is 4.92 Å². The molecule has 0 bridgehead atoms. The predicted octanol–water partition coefficient (Wildman–Crippen LogP) is 2.68. The molecule has 0 unspecified atom stereocenters. The van der Waals surface area contributed by atoms with Gasteiger partial charge in [-0.25, -0.2) is 0 Å². The lowest BCUT2D eigenvalue weighted by atomic mass is 10.2. The van der Waals surface area contributed by atoms with Crippen LogP contribution in [0.2, 0.25) is 5.02 Å². The summed E-state index contributed by atoms with van der Waals surface area (Å²) < 4.78 is 0. The van der Waals surface area contributed by atoms with Crippen LogP contribution >= 0.6 is 11.6 Å². The molecule has 0 saturated heterocycles. The van der Waals surface area contributed by atoms with Crippen LogP contribution in [0.15, 0.2) is 18.2 Å². The van der Waals surface area contributed by atoms with Crippen LogP contribution in [0.4, 0.5) is 5.69 Å². The largest absolute Gasteiger partial charge is 0.313 e. The van der Waals surface area contributed by atoms with Crippen molar-refractivity contribution in [3.05, 3.63) is 38.9 Å². The van der Waals surface area contributed by atoms with Crippen LogP contribution < -0.4 is 5.32 Å². The van der Waals surface area contributed by atoms with Gasteiger partial charge in [0.2, 0.25) is 0 Å². The van der Waals surface area contributed by atoms with Crippen molar-refractivity contribution >= 4 is 17.3 Å². The van der Waals surface area contributed by atoms with Gasteiger partial charge < -0.3 is 10.2 Å². The molecule has 19 heavy (non-hydrogen) atoms. The fraction of sp³-hybridized carbons (Fsp3) is 0.538. The molecule has 0 aromatic heterocycles. The minimum atomic E-state index is -0.455. The van der Waals surface area contributed by atoms with E-state index in [1.54, 1.807) is 6.07 Å². The van der Waals surface area contributed by atoms with E-state index in [4.69, 9.17) is 11.6 Å². The highest BCUT2D eigenvalue weighted by molar-refractivity contribution is 6.32. The molecule has 0 aliphatic rings. The number of nitrogens with one attached hydrogen (secondary N) is 1. The van der Waals surface area contributed by atoms with Gasteiger partial charge in [0, 0.05) is 12.6 Å². The highest BCUT2D eigenvalue weighted by atomic mass is 35.5. The summed E-state index contributed by atoms with van der Waals surface area (Å²) in [4.78, 5) is 12.4. The maximum absolute atomic E-state index is 10.7. The standard InChI is InChI=1S/C13H20ClN3O2/c1-16(2)8-4-3-7-15-10-11-5-6-12(14)13(9-11)17(18)19/h5-6,9,15H,3-4,7-8,10H2,1-2H3. The van der Waals surface area contributed by atoms with Gasteiger partial charge in [0.05, 0.1) is 4.92 Å². The molecule has 1 rings (SSSR count). The van der Waals surface area contributed by atoms with Gasteiger partial charge in [0.25, 0.3) is 5.69 Å². The van der Waals surface area contributed by atoms with Gasteiger partial charge in [-0.1, -0.05) is 17.7 Å². The summed E-state index contributed by atoms with van der Waals surface area (Å²) in [6.45, 7) is 2.61. The Hall–Kier alpha value is -1.17. The zero-order valence-corrected chi connectivity index (χ0v) is 12.1. The third-order valence-electron chi connectivity index (χ3n) is 2.75. The van der Waals surface area contributed by atoms with E-state index in [-0.39, 0.29) is 10.7 Å². The maximum Gasteiger partial charge on any atom is 0.288 e. The molecule has 106 valence electrons. The zero-order chi connectivity index (χ0) is 14.3. The van der Waals surface area contributed by atoms with Crippen LogP contribution in [0.3, 0.4) is 0 Å². The fourth-order valence-electron chi connectivity index (χ4n) is 1.72. The second-order valence-electron chi connectivity index (χ2n) is 4.73. The number of nitro benzene ring substituents is 1. The molecule has 5 nitrogen and oxygen atoms in total. The molecule has 0 aliphatic carbocycles. The molecule has 0 saturated carbocycles. The van der Waals surface area contributed by atoms with Gasteiger partial charge in [-0.15, -0.1) is 0 Å². The Kier molecular flexibility index (Phi) is 6.77. The summed E-state index contributed by atoms with van der Waals surface area (Å²) in [5.74, 6) is 0. The Bertz CT molecular complexity index is 424. The van der Waals surface area contributed by atoms with Crippen LogP contribution in [0.1, 0.15) is 18.4 Å². The predicted molar refractivity (Wildman–Crippen MR) is 77.6 cm³/mol. The minimum Gasteiger partial charge on any atom is -0.313 e. The lowest BCUT2D eigenvalue weighted by molar-refractivity contribution is -0.384. The third-order valence-corrected chi connectivity index (χ3v) is 3.06. The van der Waals surface area contributed by atoms with Crippen LogP contribution in [0, 0.1) is 10.1 Å². The molecule has 0 heterocycles. The van der Waals surface area contributed by atoms with Crippen molar-refractivity contribution in [1.82, 2.24) is 10.2 Å². The van der Waals surface area contributed by atoms with Crippen LogP contribution in [0.25, 0.3) is 0 Å². The number of halogens is 1. The topological polar surface area (TPSA) is 58.4 Å². The Labute approximate surface area is 118 Å². The zero-order valence-electron chi connectivity index (χ0n) is 11.4. The molecule has 6 heteroatoms. The second-order valence-corrected chi connectivity index (χ2v) is 5.14. The number of hydrogen-bond donors (Lipinski definition) is 1. The quantitative estimate of drug-likeness (QED) is 0.453. The van der Waals surface area contributed by atoms with Crippen molar-refractivity contribution in [1.29, 1.82) is 0 Å². The van der Waals surface area contributed by atoms with E-state index in [1.165, 1.54) is 6.07 Å². The van der Waals surface area contributed by atoms with Gasteiger partial charge in [0.1, 0.15) is 5.02 Å². The molecule has 0 aliphatic heterocycles. The number of nitro groups is 1. The minimum absolute atomic E-state index is 0.0337. The summed E-state index contributed by atoms with van der Waals surface area (Å²) in [5, 5.41) is 14.2. The Morgan fingerprint density at radius 1 is 1.37 bits per heavy atom. The maximum atomic E-state index is 10.7. The molecular weight excluding hydrogens is 266 g/mol. The van der Waals surface area contributed by atoms with E-state index >= 15 is 0 Å². The van der Waals surface area contributed by atoms with Crippen molar-refractivity contribution in [3.8, 4) is 0 Å². The smallest absolute Gasteiger partial charge is 0.288 e. The third kappa shape index (κ3) is 6.00. The van der Waals surface area contributed by atoms with Gasteiger partial charge in [-0.05, 0) is 51.7 Å². The van der Waals surface area contributed by atoms with Gasteiger partial charge in [-0.3, -0.25) is 10.1 Å². The first-order valence-corrected chi connectivity index (χ1v) is 6.67. The van der Waals surface area contributed by atoms with Crippen LogP contribution in [-0.4, -0.2) is 37.0 Å². The van der Waals surface area contributed by atoms with E-state index in [9.17, 15) is 10.1 Å². The number of nitrogens with zero attached hydrogens (tertiary/aromatic N) is 2. The molecule has 0 atom stereocenters. The summed E-state index contributed by atoms with van der Waals surface area (Å²) in [7, 11) is 4.11. The lowest BCUT2D eigenvalue weighted by Crippen LogP contribution is -2.18. The molecule has 1 N–H and O–H groups in total. The normalized spacial score (nSPS) is 10.9. The molecule has 1 aromatic rings. The number of unbranched alkanes of at least 4 members (excludes halogenated alkanes) is 1. The summed E-state index contributed by atoms with van der Waals surface area (Å²) in [6.07, 6.45) is 2.23. The fourth-order valence-corrected chi connectivity index (χ4v) is 1.91. The van der Waals surface area contributed by atoms with E-state index in [2.05, 4.69) is 24.3 Å². The first-order valence-electron chi connectivity index (χ1n) is 6.29. The SMILES string of the molecule is CN(C)CCCCNCc1ccc(Cl)c([N+](=O)[O-])c1. The Morgan fingerprint density at radius 3 is 2.74 bits per heavy atom. The Morgan fingerprint density at radius 2 is 2.11 bits per heavy atom. The van der Waals surface area contributed by atoms with Gasteiger partial charge >= 0.3 is 0 Å². The van der Waals surface area contributed by atoms with E-state index in [1.807, 2.05) is 6.07 Å². The van der Waals surface area contributed by atoms with E-state index in [0.29, 0.717) is 6.54 Å². The number of rotatable bonds is 8. The second kappa shape index (κ2) is 8.09. The monoisotopic (exact) mass is 285 g/mol. The van der Waals surface area contributed by atoms with Gasteiger partial charge in [-0.2, -0.15) is 0 Å². The van der Waals surface area contributed by atoms with Crippen molar-refractivity contribution in [2.24, 2.45) is 0 Å². The van der Waals surface area contributed by atoms with Crippen molar-refractivity contribution in [3.63, 3.8) is 0 Å². The highest BCUT2D eigenvalue weighted by Gasteiger charge is 2.12. The van der Waals surface area contributed by atoms with Crippen molar-refractivity contribution in [2.75, 3.05) is 27.2 Å².